The van der Waals surface area contributed by atoms with Crippen molar-refractivity contribution >= 4 is 22.9 Å². The summed E-state index contributed by atoms with van der Waals surface area (Å²) < 4.78 is 7.80. The van der Waals surface area contributed by atoms with Crippen molar-refractivity contribution in [1.82, 2.24) is 19.7 Å². The summed E-state index contributed by atoms with van der Waals surface area (Å²) in [4.78, 5) is 31.7. The molecule has 1 atom stereocenters. The summed E-state index contributed by atoms with van der Waals surface area (Å²) in [5.74, 6) is 0.726. The highest BCUT2D eigenvalue weighted by Gasteiger charge is 2.48. The van der Waals surface area contributed by atoms with Crippen LogP contribution in [-0.4, -0.2) is 63.9 Å². The largest absolute Gasteiger partial charge is 0.460 e. The molecule has 7 nitrogen and oxygen atoms in total. The first kappa shape index (κ1) is 21.6. The molecule has 0 radical (unpaired) electrons. The molecular weight excluding hydrogens is 404 g/mol. The molecule has 7 heteroatoms. The van der Waals surface area contributed by atoms with Crippen LogP contribution < -0.4 is 5.32 Å². The number of carbonyl (C=O) groups excluding carboxylic acids is 2. The van der Waals surface area contributed by atoms with Crippen LogP contribution in [0.3, 0.4) is 0 Å². The van der Waals surface area contributed by atoms with Crippen LogP contribution in [0.1, 0.15) is 74.5 Å². The van der Waals surface area contributed by atoms with Crippen molar-refractivity contribution in [2.24, 2.45) is 0 Å². The van der Waals surface area contributed by atoms with Crippen LogP contribution in [0, 0.1) is 6.92 Å². The minimum atomic E-state index is -0.923. The number of furan rings is 1. The van der Waals surface area contributed by atoms with Crippen molar-refractivity contribution in [1.29, 1.82) is 0 Å². The molecular formula is C25H36N4O3. The van der Waals surface area contributed by atoms with Crippen LogP contribution in [-0.2, 0) is 11.3 Å². The van der Waals surface area contributed by atoms with Crippen molar-refractivity contribution in [3.8, 4) is 0 Å². The van der Waals surface area contributed by atoms with Gasteiger partial charge in [0, 0.05) is 31.3 Å². The number of aromatic nitrogens is 1. The first-order chi connectivity index (χ1) is 15.5. The number of likely N-dealkylation sites (tertiary alicyclic amines) is 1. The second-order valence-corrected chi connectivity index (χ2v) is 10.2. The topological polar surface area (TPSA) is 70.7 Å². The fourth-order valence-electron chi connectivity index (χ4n) is 5.82. The number of rotatable bonds is 5. The van der Waals surface area contributed by atoms with Crippen LogP contribution >= 0.6 is 0 Å². The van der Waals surface area contributed by atoms with Crippen molar-refractivity contribution in [2.45, 2.75) is 83.3 Å². The molecule has 0 spiro atoms. The molecule has 174 valence electrons. The van der Waals surface area contributed by atoms with E-state index in [0.717, 1.165) is 62.2 Å². The van der Waals surface area contributed by atoms with Gasteiger partial charge in [-0.2, -0.15) is 0 Å². The predicted octanol–water partition coefficient (Wildman–Crippen LogP) is 3.69. The lowest BCUT2D eigenvalue weighted by Gasteiger charge is -2.45. The van der Waals surface area contributed by atoms with Crippen LogP contribution in [0.25, 0.3) is 11.1 Å². The second-order valence-electron chi connectivity index (χ2n) is 10.2. The molecule has 0 aromatic carbocycles. The summed E-state index contributed by atoms with van der Waals surface area (Å²) in [6, 6.07) is 4.02. The van der Waals surface area contributed by atoms with Gasteiger partial charge in [-0.05, 0) is 52.6 Å². The molecule has 2 aliphatic heterocycles. The van der Waals surface area contributed by atoms with Crippen molar-refractivity contribution < 1.29 is 14.0 Å². The number of hydrogen-bond donors (Lipinski definition) is 1. The molecule has 0 unspecified atom stereocenters. The van der Waals surface area contributed by atoms with Gasteiger partial charge in [-0.1, -0.05) is 25.7 Å². The zero-order valence-electron chi connectivity index (χ0n) is 19.5. The van der Waals surface area contributed by atoms with Gasteiger partial charge in [0.2, 0.25) is 5.91 Å². The van der Waals surface area contributed by atoms with E-state index in [0.29, 0.717) is 18.8 Å². The van der Waals surface area contributed by atoms with E-state index >= 15 is 0 Å². The smallest absolute Gasteiger partial charge is 0.271 e. The molecule has 5 rings (SSSR count). The first-order valence-electron chi connectivity index (χ1n) is 12.4. The highest BCUT2D eigenvalue weighted by Crippen LogP contribution is 2.34. The van der Waals surface area contributed by atoms with Crippen LogP contribution in [0.4, 0.5) is 0 Å². The second kappa shape index (κ2) is 8.58. The minimum Gasteiger partial charge on any atom is -0.460 e. The summed E-state index contributed by atoms with van der Waals surface area (Å²) in [5, 5.41) is 3.34. The number of nitrogens with one attached hydrogen (secondary N) is 1. The van der Waals surface area contributed by atoms with E-state index in [2.05, 4.69) is 10.2 Å². The lowest BCUT2D eigenvalue weighted by Crippen LogP contribution is -2.65. The Bertz CT molecular complexity index is 994. The monoisotopic (exact) mass is 440 g/mol. The number of amides is 2. The first-order valence-corrected chi connectivity index (χ1v) is 12.4. The Morgan fingerprint density at radius 3 is 2.53 bits per heavy atom. The summed E-state index contributed by atoms with van der Waals surface area (Å²) in [6.07, 6.45) is 9.31. The number of nitrogens with zero attached hydrogens (tertiary/aromatic N) is 3. The average Bonchev–Trinajstić information content (AvgIpc) is 3.42. The van der Waals surface area contributed by atoms with Crippen LogP contribution in [0.15, 0.2) is 16.5 Å². The van der Waals surface area contributed by atoms with Gasteiger partial charge in [0.25, 0.3) is 5.91 Å². The molecule has 2 fully saturated rings. The summed E-state index contributed by atoms with van der Waals surface area (Å²) in [6.45, 7) is 7.85. The summed E-state index contributed by atoms with van der Waals surface area (Å²) in [5.41, 5.74) is 1.32. The Morgan fingerprint density at radius 1 is 1.09 bits per heavy atom. The summed E-state index contributed by atoms with van der Waals surface area (Å²) >= 11 is 0. The third kappa shape index (κ3) is 3.85. The van der Waals surface area contributed by atoms with Gasteiger partial charge in [-0.15, -0.1) is 0 Å². The van der Waals surface area contributed by atoms with Gasteiger partial charge in [-0.25, -0.2) is 0 Å². The Kier molecular flexibility index (Phi) is 5.78. The zero-order chi connectivity index (χ0) is 22.3. The molecule has 1 N–H and O–H groups in total. The molecule has 1 saturated carbocycles. The lowest BCUT2D eigenvalue weighted by molar-refractivity contribution is -0.133. The van der Waals surface area contributed by atoms with E-state index in [1.165, 1.54) is 25.7 Å². The maximum absolute atomic E-state index is 13.8. The van der Waals surface area contributed by atoms with Gasteiger partial charge in [0.1, 0.15) is 17.0 Å². The Labute approximate surface area is 190 Å². The third-order valence-electron chi connectivity index (χ3n) is 7.76. The molecule has 1 aliphatic carbocycles. The fraction of sp³-hybridized carbons (Fsp3) is 0.680. The number of hydrogen-bond acceptors (Lipinski definition) is 4. The van der Waals surface area contributed by atoms with E-state index in [1.54, 1.807) is 0 Å². The van der Waals surface area contributed by atoms with Gasteiger partial charge >= 0.3 is 0 Å². The average molecular weight is 441 g/mol. The molecule has 1 saturated heterocycles. The quantitative estimate of drug-likeness (QED) is 0.720. The molecule has 2 amide bonds. The van der Waals surface area contributed by atoms with E-state index in [4.69, 9.17) is 4.42 Å². The zero-order valence-corrected chi connectivity index (χ0v) is 19.5. The number of aryl methyl sites for hydroxylation is 1. The van der Waals surface area contributed by atoms with Gasteiger partial charge in [-0.3, -0.25) is 9.59 Å². The summed E-state index contributed by atoms with van der Waals surface area (Å²) in [7, 11) is 0. The molecule has 0 bridgehead atoms. The predicted molar refractivity (Wildman–Crippen MR) is 124 cm³/mol. The van der Waals surface area contributed by atoms with E-state index in [-0.39, 0.29) is 17.9 Å². The lowest BCUT2D eigenvalue weighted by atomic mass is 9.93. The van der Waals surface area contributed by atoms with Gasteiger partial charge in [0.05, 0.1) is 12.1 Å². The molecule has 2 aromatic heterocycles. The molecule has 2 aromatic rings. The molecule has 32 heavy (non-hydrogen) atoms. The van der Waals surface area contributed by atoms with E-state index < -0.39 is 5.54 Å². The SMILES string of the molecule is Cc1cc2c(cc3n2C[C@](C)(C(=O)NC2CCCCCC2)N(CCN2CCCC2)C3=O)o1. The minimum absolute atomic E-state index is 0.0214. The third-order valence-corrected chi connectivity index (χ3v) is 7.76. The number of fused-ring (bicyclic) bond motifs is 3. The molecule has 3 aliphatic rings. The van der Waals surface area contributed by atoms with Crippen LogP contribution in [0.5, 0.6) is 0 Å². The normalized spacial score (nSPS) is 25.3. The Hall–Kier alpha value is -2.28. The van der Waals surface area contributed by atoms with E-state index in [1.807, 2.05) is 35.4 Å². The molecule has 4 heterocycles. The van der Waals surface area contributed by atoms with Gasteiger partial charge < -0.3 is 24.1 Å². The van der Waals surface area contributed by atoms with Crippen molar-refractivity contribution in [3.63, 3.8) is 0 Å². The van der Waals surface area contributed by atoms with Crippen molar-refractivity contribution in [2.75, 3.05) is 26.2 Å². The van der Waals surface area contributed by atoms with Gasteiger partial charge in [0.15, 0.2) is 5.58 Å². The maximum Gasteiger partial charge on any atom is 0.271 e. The highest BCUT2D eigenvalue weighted by molar-refractivity contribution is 6.03. The fourth-order valence-corrected chi connectivity index (χ4v) is 5.82. The van der Waals surface area contributed by atoms with Crippen molar-refractivity contribution in [3.05, 3.63) is 23.6 Å². The maximum atomic E-state index is 13.8. The van der Waals surface area contributed by atoms with Crippen LogP contribution in [0.2, 0.25) is 0 Å². The number of carbonyl (C=O) groups is 2. The standard InChI is InChI=1S/C25H36N4O3/c1-18-15-20-22(32-18)16-21-23(30)29(14-13-27-11-7-8-12-27)25(2,17-28(20)21)24(31)26-19-9-5-3-4-6-10-19/h15-16,19H,3-14,17H2,1-2H3,(H,26,31)/t25-/m1/s1. The Balaban J connectivity index is 1.45. The van der Waals surface area contributed by atoms with E-state index in [9.17, 15) is 9.59 Å². The highest BCUT2D eigenvalue weighted by atomic mass is 16.3. The Morgan fingerprint density at radius 2 is 1.81 bits per heavy atom.